The van der Waals surface area contributed by atoms with E-state index in [1.54, 1.807) is 13.0 Å². The molecule has 0 radical (unpaired) electrons. The summed E-state index contributed by atoms with van der Waals surface area (Å²) in [7, 11) is 0. The van der Waals surface area contributed by atoms with Gasteiger partial charge in [-0.05, 0) is 38.1 Å². The minimum absolute atomic E-state index is 0.00981. The van der Waals surface area contributed by atoms with Crippen molar-refractivity contribution in [1.82, 2.24) is 0 Å². The number of halogens is 2. The van der Waals surface area contributed by atoms with Gasteiger partial charge in [-0.25, -0.2) is 9.18 Å². The van der Waals surface area contributed by atoms with Crippen LogP contribution in [-0.4, -0.2) is 18.0 Å². The number of esters is 1. The molecule has 116 valence electrons. The van der Waals surface area contributed by atoms with Crippen LogP contribution in [0.4, 0.5) is 10.1 Å². The molecule has 5 nitrogen and oxygen atoms in total. The molecule has 0 aliphatic carbocycles. The van der Waals surface area contributed by atoms with Gasteiger partial charge in [0.05, 0.1) is 12.0 Å². The highest BCUT2D eigenvalue weighted by Gasteiger charge is 2.22. The normalized spacial score (nSPS) is 11.8. The maximum atomic E-state index is 13.6. The lowest BCUT2D eigenvalue weighted by Gasteiger charge is -2.13. The third-order valence-electron chi connectivity index (χ3n) is 2.92. The Labute approximate surface area is 134 Å². The van der Waals surface area contributed by atoms with Crippen LogP contribution in [-0.2, 0) is 9.53 Å². The summed E-state index contributed by atoms with van der Waals surface area (Å²) >= 11 is 3.12. The first-order valence-electron chi connectivity index (χ1n) is 6.39. The Morgan fingerprint density at radius 1 is 1.36 bits per heavy atom. The van der Waals surface area contributed by atoms with Gasteiger partial charge in [-0.2, -0.15) is 0 Å². The minimum Gasteiger partial charge on any atom is -0.469 e. The van der Waals surface area contributed by atoms with Gasteiger partial charge < -0.3 is 14.5 Å². The summed E-state index contributed by atoms with van der Waals surface area (Å²) in [4.78, 5) is 23.8. The van der Waals surface area contributed by atoms with E-state index in [0.29, 0.717) is 10.2 Å². The zero-order chi connectivity index (χ0) is 16.3. The molecule has 1 amide bonds. The highest BCUT2D eigenvalue weighted by Crippen LogP contribution is 2.20. The number of rotatable bonds is 4. The number of carbonyl (C=O) groups excluding carboxylic acids is 2. The molecule has 1 N–H and O–H groups in total. The Balaban J connectivity index is 2.00. The van der Waals surface area contributed by atoms with Crippen LogP contribution in [0, 0.1) is 12.7 Å². The van der Waals surface area contributed by atoms with E-state index in [0.717, 1.165) is 0 Å². The third-order valence-corrected chi connectivity index (χ3v) is 3.41. The first kappa shape index (κ1) is 16.2. The van der Waals surface area contributed by atoms with Gasteiger partial charge in [-0.3, -0.25) is 4.79 Å². The van der Waals surface area contributed by atoms with Gasteiger partial charge in [0, 0.05) is 4.47 Å². The van der Waals surface area contributed by atoms with Crippen molar-refractivity contribution < 1.29 is 23.1 Å². The summed E-state index contributed by atoms with van der Waals surface area (Å²) < 4.78 is 24.2. The Hall–Kier alpha value is -2.15. The summed E-state index contributed by atoms with van der Waals surface area (Å²) in [6.45, 7) is 3.01. The van der Waals surface area contributed by atoms with Crippen molar-refractivity contribution in [3.05, 3.63) is 52.1 Å². The van der Waals surface area contributed by atoms with Crippen LogP contribution in [0.2, 0.25) is 0 Å². The molecule has 2 rings (SSSR count). The van der Waals surface area contributed by atoms with Gasteiger partial charge in [-0.1, -0.05) is 15.9 Å². The SMILES string of the molecule is Cc1occc1C(=O)O[C@@H](C)C(=O)Nc1ccc(Br)cc1F. The van der Waals surface area contributed by atoms with Crippen molar-refractivity contribution in [3.63, 3.8) is 0 Å². The molecule has 7 heteroatoms. The number of hydrogen-bond donors (Lipinski definition) is 1. The Morgan fingerprint density at radius 3 is 2.68 bits per heavy atom. The van der Waals surface area contributed by atoms with E-state index in [2.05, 4.69) is 21.2 Å². The van der Waals surface area contributed by atoms with E-state index < -0.39 is 23.8 Å². The molecule has 0 aliphatic heterocycles. The van der Waals surface area contributed by atoms with E-state index in [-0.39, 0.29) is 11.3 Å². The lowest BCUT2D eigenvalue weighted by molar-refractivity contribution is -0.123. The van der Waals surface area contributed by atoms with Crippen LogP contribution in [0.15, 0.2) is 39.4 Å². The average molecular weight is 370 g/mol. The van der Waals surface area contributed by atoms with Gasteiger partial charge in [-0.15, -0.1) is 0 Å². The molecular weight excluding hydrogens is 357 g/mol. The lowest BCUT2D eigenvalue weighted by Crippen LogP contribution is -2.30. The molecule has 0 unspecified atom stereocenters. The van der Waals surface area contributed by atoms with E-state index >= 15 is 0 Å². The van der Waals surface area contributed by atoms with E-state index in [9.17, 15) is 14.0 Å². The molecule has 1 atom stereocenters. The van der Waals surface area contributed by atoms with Crippen LogP contribution in [0.25, 0.3) is 0 Å². The van der Waals surface area contributed by atoms with Crippen LogP contribution >= 0.6 is 15.9 Å². The van der Waals surface area contributed by atoms with Crippen LogP contribution in [0.3, 0.4) is 0 Å². The monoisotopic (exact) mass is 369 g/mol. The number of anilines is 1. The van der Waals surface area contributed by atoms with Gasteiger partial charge in [0.15, 0.2) is 6.10 Å². The lowest BCUT2D eigenvalue weighted by atomic mass is 10.2. The number of ether oxygens (including phenoxy) is 1. The van der Waals surface area contributed by atoms with Gasteiger partial charge in [0.2, 0.25) is 0 Å². The minimum atomic E-state index is -1.08. The van der Waals surface area contributed by atoms with Crippen molar-refractivity contribution in [3.8, 4) is 0 Å². The smallest absolute Gasteiger partial charge is 0.342 e. The Bertz CT molecular complexity index is 713. The zero-order valence-corrected chi connectivity index (χ0v) is 13.4. The number of benzene rings is 1. The second-order valence-corrected chi connectivity index (χ2v) is 5.47. The maximum Gasteiger partial charge on any atom is 0.342 e. The van der Waals surface area contributed by atoms with E-state index in [4.69, 9.17) is 9.15 Å². The predicted octanol–water partition coefficient (Wildman–Crippen LogP) is 3.67. The fourth-order valence-electron chi connectivity index (χ4n) is 1.70. The molecule has 22 heavy (non-hydrogen) atoms. The van der Waals surface area contributed by atoms with Crippen molar-refractivity contribution in [2.24, 2.45) is 0 Å². The topological polar surface area (TPSA) is 68.5 Å². The fraction of sp³-hybridized carbons (Fsp3) is 0.200. The second kappa shape index (κ2) is 6.74. The number of amides is 1. The van der Waals surface area contributed by atoms with Gasteiger partial charge in [0.25, 0.3) is 5.91 Å². The molecule has 0 saturated heterocycles. The standard InChI is InChI=1S/C15H13BrFNO4/c1-8-11(5-6-21-8)15(20)22-9(2)14(19)18-13-4-3-10(16)7-12(13)17/h3-7,9H,1-2H3,(H,18,19)/t9-/m0/s1. The van der Waals surface area contributed by atoms with Crippen molar-refractivity contribution in [2.75, 3.05) is 5.32 Å². The number of hydrogen-bond acceptors (Lipinski definition) is 4. The van der Waals surface area contributed by atoms with E-state index in [1.165, 1.54) is 31.4 Å². The highest BCUT2D eigenvalue weighted by atomic mass is 79.9. The van der Waals surface area contributed by atoms with Crippen LogP contribution in [0.5, 0.6) is 0 Å². The Morgan fingerprint density at radius 2 is 2.09 bits per heavy atom. The van der Waals surface area contributed by atoms with Crippen LogP contribution < -0.4 is 5.32 Å². The molecule has 0 aliphatic rings. The number of carbonyl (C=O) groups is 2. The largest absolute Gasteiger partial charge is 0.469 e. The first-order chi connectivity index (χ1) is 10.4. The van der Waals surface area contributed by atoms with Crippen LogP contribution in [0.1, 0.15) is 23.0 Å². The molecule has 1 aromatic carbocycles. The summed E-state index contributed by atoms with van der Waals surface area (Å²) in [6.07, 6.45) is 0.276. The number of furan rings is 1. The van der Waals surface area contributed by atoms with E-state index in [1.807, 2.05) is 0 Å². The van der Waals surface area contributed by atoms with Crippen molar-refractivity contribution in [2.45, 2.75) is 20.0 Å². The second-order valence-electron chi connectivity index (χ2n) is 4.55. The number of nitrogens with one attached hydrogen (secondary N) is 1. The summed E-state index contributed by atoms with van der Waals surface area (Å²) in [5.41, 5.74) is 0.255. The summed E-state index contributed by atoms with van der Waals surface area (Å²) in [5.74, 6) is -1.50. The molecule has 1 aromatic heterocycles. The molecule has 1 heterocycles. The number of aryl methyl sites for hydroxylation is 1. The fourth-order valence-corrected chi connectivity index (χ4v) is 2.03. The molecule has 0 bridgehead atoms. The zero-order valence-electron chi connectivity index (χ0n) is 11.9. The average Bonchev–Trinajstić information content (AvgIpc) is 2.88. The predicted molar refractivity (Wildman–Crippen MR) is 81.1 cm³/mol. The summed E-state index contributed by atoms with van der Waals surface area (Å²) in [6, 6.07) is 5.67. The molecule has 0 saturated carbocycles. The van der Waals surface area contributed by atoms with Crippen molar-refractivity contribution in [1.29, 1.82) is 0 Å². The van der Waals surface area contributed by atoms with Crippen molar-refractivity contribution >= 4 is 33.5 Å². The Kier molecular flexibility index (Phi) is 4.97. The molecule has 0 fully saturated rings. The quantitative estimate of drug-likeness (QED) is 0.834. The van der Waals surface area contributed by atoms with Gasteiger partial charge in [0.1, 0.15) is 17.1 Å². The third kappa shape index (κ3) is 3.73. The highest BCUT2D eigenvalue weighted by molar-refractivity contribution is 9.10. The molecule has 0 spiro atoms. The summed E-state index contributed by atoms with van der Waals surface area (Å²) in [5, 5.41) is 2.37. The molecular formula is C15H13BrFNO4. The van der Waals surface area contributed by atoms with Gasteiger partial charge >= 0.3 is 5.97 Å². The maximum absolute atomic E-state index is 13.6. The first-order valence-corrected chi connectivity index (χ1v) is 7.18. The molecule has 2 aromatic rings.